The van der Waals surface area contributed by atoms with E-state index in [1.807, 2.05) is 0 Å². The maximum atomic E-state index is 12.2. The number of benzene rings is 1. The zero-order chi connectivity index (χ0) is 14.6. The molecule has 0 saturated heterocycles. The van der Waals surface area contributed by atoms with E-state index in [1.54, 1.807) is 0 Å². The summed E-state index contributed by atoms with van der Waals surface area (Å²) in [6.45, 7) is 0.000134. The summed E-state index contributed by atoms with van der Waals surface area (Å²) in [5.41, 5.74) is 5.85. The van der Waals surface area contributed by atoms with Gasteiger partial charge in [-0.1, -0.05) is 11.6 Å². The number of rotatable bonds is 5. The molecule has 19 heavy (non-hydrogen) atoms. The predicted molar refractivity (Wildman–Crippen MR) is 72.3 cm³/mol. The third kappa shape index (κ3) is 3.82. The first-order valence-electron chi connectivity index (χ1n) is 5.37. The third-order valence-electron chi connectivity index (χ3n) is 2.50. The van der Waals surface area contributed by atoms with Crippen molar-refractivity contribution in [3.8, 4) is 0 Å². The van der Waals surface area contributed by atoms with Crippen LogP contribution in [-0.2, 0) is 19.6 Å². The number of ether oxygens (including phenoxy) is 1. The maximum absolute atomic E-state index is 12.2. The van der Waals surface area contributed by atoms with Crippen LogP contribution in [0.1, 0.15) is 6.42 Å². The van der Waals surface area contributed by atoms with E-state index in [0.717, 1.165) is 4.31 Å². The number of nitrogens with two attached hydrogens (primary N) is 1. The molecule has 0 bridgehead atoms. The zero-order valence-electron chi connectivity index (χ0n) is 10.6. The lowest BCUT2D eigenvalue weighted by Gasteiger charge is -2.17. The fourth-order valence-electron chi connectivity index (χ4n) is 1.36. The molecule has 0 saturated carbocycles. The van der Waals surface area contributed by atoms with Crippen LogP contribution >= 0.6 is 11.6 Å². The van der Waals surface area contributed by atoms with Gasteiger partial charge in [-0.25, -0.2) is 12.7 Å². The normalized spacial score (nSPS) is 11.6. The van der Waals surface area contributed by atoms with Crippen molar-refractivity contribution in [2.24, 2.45) is 0 Å². The van der Waals surface area contributed by atoms with E-state index in [2.05, 4.69) is 4.74 Å². The van der Waals surface area contributed by atoms with Crippen molar-refractivity contribution in [1.82, 2.24) is 4.31 Å². The second-order valence-corrected chi connectivity index (χ2v) is 6.26. The molecule has 0 fully saturated rings. The van der Waals surface area contributed by atoms with Crippen LogP contribution in [-0.4, -0.2) is 39.4 Å². The Morgan fingerprint density at radius 2 is 2.11 bits per heavy atom. The first kappa shape index (κ1) is 15.7. The van der Waals surface area contributed by atoms with Crippen LogP contribution in [0, 0.1) is 0 Å². The van der Waals surface area contributed by atoms with E-state index >= 15 is 0 Å². The Hall–Kier alpha value is -1.31. The third-order valence-corrected chi connectivity index (χ3v) is 4.84. The number of carbonyl (C=O) groups excluding carboxylic acids is 1. The molecule has 2 N–H and O–H groups in total. The maximum Gasteiger partial charge on any atom is 0.306 e. The minimum atomic E-state index is -3.78. The van der Waals surface area contributed by atoms with Crippen LogP contribution in [0.3, 0.4) is 0 Å². The smallest absolute Gasteiger partial charge is 0.306 e. The van der Waals surface area contributed by atoms with Crippen LogP contribution < -0.4 is 5.73 Å². The van der Waals surface area contributed by atoms with E-state index < -0.39 is 16.0 Å². The summed E-state index contributed by atoms with van der Waals surface area (Å²) in [5, 5.41) is 0.0825. The molecule has 0 radical (unpaired) electrons. The van der Waals surface area contributed by atoms with Gasteiger partial charge in [-0.3, -0.25) is 4.79 Å². The van der Waals surface area contributed by atoms with Gasteiger partial charge in [0.05, 0.1) is 18.6 Å². The second kappa shape index (κ2) is 6.23. The Balaban J connectivity index is 2.97. The number of nitrogens with zero attached hydrogens (tertiary/aromatic N) is 1. The van der Waals surface area contributed by atoms with E-state index in [4.69, 9.17) is 17.3 Å². The standard InChI is InChI=1S/C11H15ClN2O4S/c1-14(6-5-11(15)18-2)19(16,17)10-7-8(13)3-4-9(10)12/h3-4,7H,5-6,13H2,1-2H3. The lowest BCUT2D eigenvalue weighted by atomic mass is 10.3. The molecule has 0 unspecified atom stereocenters. The van der Waals surface area contributed by atoms with Crippen molar-refractivity contribution >= 4 is 33.3 Å². The van der Waals surface area contributed by atoms with Crippen molar-refractivity contribution < 1.29 is 17.9 Å². The molecular formula is C11H15ClN2O4S. The Bertz CT molecular complexity index is 574. The average molecular weight is 307 g/mol. The summed E-state index contributed by atoms with van der Waals surface area (Å²) in [4.78, 5) is 10.9. The van der Waals surface area contributed by atoms with E-state index in [1.165, 1.54) is 32.4 Å². The summed E-state index contributed by atoms with van der Waals surface area (Å²) in [6, 6.07) is 4.21. The topological polar surface area (TPSA) is 89.7 Å². The van der Waals surface area contributed by atoms with Crippen molar-refractivity contribution in [2.45, 2.75) is 11.3 Å². The number of hydrogen-bond donors (Lipinski definition) is 1. The number of halogens is 1. The van der Waals surface area contributed by atoms with E-state index in [9.17, 15) is 13.2 Å². The minimum Gasteiger partial charge on any atom is -0.469 e. The van der Waals surface area contributed by atoms with Crippen LogP contribution in [0.2, 0.25) is 5.02 Å². The molecule has 1 aromatic carbocycles. The SMILES string of the molecule is COC(=O)CCN(C)S(=O)(=O)c1cc(N)ccc1Cl. The molecule has 0 atom stereocenters. The highest BCUT2D eigenvalue weighted by atomic mass is 35.5. The number of anilines is 1. The molecular weight excluding hydrogens is 292 g/mol. The van der Waals surface area contributed by atoms with Gasteiger partial charge in [0.25, 0.3) is 0 Å². The molecule has 0 aliphatic carbocycles. The lowest BCUT2D eigenvalue weighted by Crippen LogP contribution is -2.29. The van der Waals surface area contributed by atoms with Crippen LogP contribution in [0.25, 0.3) is 0 Å². The fourth-order valence-corrected chi connectivity index (χ4v) is 3.03. The summed E-state index contributed by atoms with van der Waals surface area (Å²) in [6.07, 6.45) is -0.0356. The lowest BCUT2D eigenvalue weighted by molar-refractivity contribution is -0.140. The first-order chi connectivity index (χ1) is 8.78. The minimum absolute atomic E-state index is 0.000134. The highest BCUT2D eigenvalue weighted by Crippen LogP contribution is 2.26. The molecule has 0 aliphatic rings. The first-order valence-corrected chi connectivity index (χ1v) is 7.19. The fraction of sp³-hybridized carbons (Fsp3) is 0.364. The number of esters is 1. The number of nitrogen functional groups attached to an aromatic ring is 1. The molecule has 0 spiro atoms. The highest BCUT2D eigenvalue weighted by Gasteiger charge is 2.24. The monoisotopic (exact) mass is 306 g/mol. The molecule has 1 rings (SSSR count). The van der Waals surface area contributed by atoms with Crippen LogP contribution in [0.4, 0.5) is 5.69 Å². The average Bonchev–Trinajstić information content (AvgIpc) is 2.37. The van der Waals surface area contributed by atoms with Crippen LogP contribution in [0.15, 0.2) is 23.1 Å². The van der Waals surface area contributed by atoms with Crippen molar-refractivity contribution in [3.63, 3.8) is 0 Å². The molecule has 6 nitrogen and oxygen atoms in total. The van der Waals surface area contributed by atoms with Crippen molar-refractivity contribution in [1.29, 1.82) is 0 Å². The van der Waals surface area contributed by atoms with Gasteiger partial charge in [-0.2, -0.15) is 0 Å². The van der Waals surface area contributed by atoms with E-state index in [-0.39, 0.29) is 22.9 Å². The van der Waals surface area contributed by atoms with Crippen molar-refractivity contribution in [2.75, 3.05) is 26.4 Å². The molecule has 1 aromatic rings. The second-order valence-electron chi connectivity index (χ2n) is 3.84. The van der Waals surface area contributed by atoms with Gasteiger partial charge in [0.15, 0.2) is 0 Å². The number of methoxy groups -OCH3 is 1. The summed E-state index contributed by atoms with van der Waals surface area (Å²) >= 11 is 5.86. The van der Waals surface area contributed by atoms with Gasteiger partial charge in [-0.05, 0) is 18.2 Å². The largest absolute Gasteiger partial charge is 0.469 e. The van der Waals surface area contributed by atoms with Gasteiger partial charge in [0, 0.05) is 19.3 Å². The van der Waals surface area contributed by atoms with Crippen molar-refractivity contribution in [3.05, 3.63) is 23.2 Å². The number of carbonyl (C=O) groups is 1. The summed E-state index contributed by atoms with van der Waals surface area (Å²) in [5.74, 6) is -0.485. The quantitative estimate of drug-likeness (QED) is 0.650. The molecule has 106 valence electrons. The summed E-state index contributed by atoms with van der Waals surface area (Å²) < 4.78 is 30.0. The van der Waals surface area contributed by atoms with Gasteiger partial charge in [0.1, 0.15) is 4.90 Å². The Morgan fingerprint density at radius 3 is 2.68 bits per heavy atom. The molecule has 0 aromatic heterocycles. The van der Waals surface area contributed by atoms with Gasteiger partial charge in [0.2, 0.25) is 10.0 Å². The Kier molecular flexibility index (Phi) is 5.16. The highest BCUT2D eigenvalue weighted by molar-refractivity contribution is 7.89. The molecule has 0 heterocycles. The zero-order valence-corrected chi connectivity index (χ0v) is 12.2. The van der Waals surface area contributed by atoms with Gasteiger partial charge >= 0.3 is 5.97 Å². The predicted octanol–water partition coefficient (Wildman–Crippen LogP) is 1.11. The summed E-state index contributed by atoms with van der Waals surface area (Å²) in [7, 11) is -1.18. The molecule has 0 amide bonds. The van der Waals surface area contributed by atoms with E-state index in [0.29, 0.717) is 5.69 Å². The van der Waals surface area contributed by atoms with Gasteiger partial charge in [-0.15, -0.1) is 0 Å². The Labute approximate surface area is 117 Å². The molecule has 8 heteroatoms. The number of sulfonamides is 1. The number of hydrogen-bond acceptors (Lipinski definition) is 5. The molecule has 0 aliphatic heterocycles. The van der Waals surface area contributed by atoms with Crippen LogP contribution in [0.5, 0.6) is 0 Å². The Morgan fingerprint density at radius 1 is 1.47 bits per heavy atom. The van der Waals surface area contributed by atoms with Gasteiger partial charge < -0.3 is 10.5 Å².